The minimum Gasteiger partial charge on any atom is -0.478 e. The van der Waals surface area contributed by atoms with E-state index in [1.807, 2.05) is 0 Å². The van der Waals surface area contributed by atoms with Crippen LogP contribution >= 0.6 is 0 Å². The van der Waals surface area contributed by atoms with E-state index in [9.17, 15) is 9.59 Å². The van der Waals surface area contributed by atoms with E-state index in [0.717, 1.165) is 5.56 Å². The molecule has 0 radical (unpaired) electrons. The second-order valence-electron chi connectivity index (χ2n) is 5.76. The van der Waals surface area contributed by atoms with E-state index in [1.165, 1.54) is 12.1 Å². The highest BCUT2D eigenvalue weighted by molar-refractivity contribution is 5.87. The van der Waals surface area contributed by atoms with Crippen molar-refractivity contribution in [3.8, 4) is 0 Å². The molecule has 2 amide bonds. The van der Waals surface area contributed by atoms with Crippen LogP contribution < -0.4 is 5.32 Å². The van der Waals surface area contributed by atoms with E-state index >= 15 is 0 Å². The van der Waals surface area contributed by atoms with Crippen LogP contribution in [0.5, 0.6) is 0 Å². The summed E-state index contributed by atoms with van der Waals surface area (Å²) in [6, 6.07) is 6.37. The summed E-state index contributed by atoms with van der Waals surface area (Å²) in [5.74, 6) is -0.581. The summed E-state index contributed by atoms with van der Waals surface area (Å²) in [4.78, 5) is 24.7. The fourth-order valence-electron chi connectivity index (χ4n) is 2.32. The molecule has 1 unspecified atom stereocenters. The number of nitrogens with one attached hydrogen (secondary N) is 1. The maximum absolute atomic E-state index is 12.2. The number of rotatable bonds is 4. The van der Waals surface area contributed by atoms with Crippen molar-refractivity contribution in [2.75, 3.05) is 19.7 Å². The number of carbonyl (C=O) groups excluding carboxylic acids is 1. The molecule has 1 aromatic carbocycles. The third kappa shape index (κ3) is 4.21. The normalized spacial score (nSPS) is 18.3. The molecule has 6 heteroatoms. The van der Waals surface area contributed by atoms with Crippen molar-refractivity contribution in [1.29, 1.82) is 0 Å². The van der Waals surface area contributed by atoms with Crippen LogP contribution in [0.4, 0.5) is 4.79 Å². The first-order chi connectivity index (χ1) is 10.5. The molecule has 1 aromatic rings. The van der Waals surface area contributed by atoms with Gasteiger partial charge in [-0.05, 0) is 23.6 Å². The molecule has 2 N–H and O–H groups in total. The van der Waals surface area contributed by atoms with E-state index < -0.39 is 5.97 Å². The Bertz CT molecular complexity index is 527. The Hall–Kier alpha value is -2.08. The summed E-state index contributed by atoms with van der Waals surface area (Å²) in [7, 11) is 0. The highest BCUT2D eigenvalue weighted by Crippen LogP contribution is 2.13. The highest BCUT2D eigenvalue weighted by Gasteiger charge is 2.25. The Balaban J connectivity index is 1.85. The van der Waals surface area contributed by atoms with Gasteiger partial charge in [-0.25, -0.2) is 9.59 Å². The molecule has 0 saturated carbocycles. The number of amides is 2. The molecule has 0 bridgehead atoms. The molecule has 22 heavy (non-hydrogen) atoms. The van der Waals surface area contributed by atoms with E-state index in [-0.39, 0.29) is 17.7 Å². The number of benzene rings is 1. The number of morpholine rings is 1. The third-order valence-electron chi connectivity index (χ3n) is 3.77. The predicted molar refractivity (Wildman–Crippen MR) is 81.8 cm³/mol. The first kappa shape index (κ1) is 16.3. The number of carbonyl (C=O) groups is 2. The van der Waals surface area contributed by atoms with Gasteiger partial charge in [0, 0.05) is 19.6 Å². The van der Waals surface area contributed by atoms with Crippen LogP contribution in [-0.2, 0) is 11.3 Å². The molecule has 1 saturated heterocycles. The Kier molecular flexibility index (Phi) is 5.38. The van der Waals surface area contributed by atoms with Gasteiger partial charge in [-0.1, -0.05) is 26.0 Å². The fourth-order valence-corrected chi connectivity index (χ4v) is 2.32. The largest absolute Gasteiger partial charge is 0.478 e. The van der Waals surface area contributed by atoms with E-state index in [1.54, 1.807) is 17.0 Å². The van der Waals surface area contributed by atoms with Crippen LogP contribution in [-0.4, -0.2) is 47.8 Å². The number of urea groups is 1. The first-order valence-electron chi connectivity index (χ1n) is 7.44. The lowest BCUT2D eigenvalue weighted by molar-refractivity contribution is -0.0371. The summed E-state index contributed by atoms with van der Waals surface area (Å²) >= 11 is 0. The van der Waals surface area contributed by atoms with Crippen molar-refractivity contribution in [2.24, 2.45) is 5.92 Å². The molecule has 120 valence electrons. The first-order valence-corrected chi connectivity index (χ1v) is 7.44. The zero-order valence-corrected chi connectivity index (χ0v) is 12.9. The fraction of sp³-hybridized carbons (Fsp3) is 0.500. The molecule has 0 aliphatic carbocycles. The van der Waals surface area contributed by atoms with E-state index in [4.69, 9.17) is 9.84 Å². The maximum Gasteiger partial charge on any atom is 0.335 e. The maximum atomic E-state index is 12.2. The van der Waals surface area contributed by atoms with Gasteiger partial charge >= 0.3 is 12.0 Å². The second-order valence-corrected chi connectivity index (χ2v) is 5.76. The quantitative estimate of drug-likeness (QED) is 0.891. The molecule has 2 rings (SSSR count). The average Bonchev–Trinajstić information content (AvgIpc) is 2.53. The third-order valence-corrected chi connectivity index (χ3v) is 3.77. The standard InChI is InChI=1S/C16H22N2O4/c1-11(2)14-10-18(7-8-22-14)16(21)17-9-12-3-5-13(6-4-12)15(19)20/h3-6,11,14H,7-10H2,1-2H3,(H,17,21)(H,19,20). The number of carboxylic acids is 1. The van der Waals surface area contributed by atoms with Crippen LogP contribution in [0.3, 0.4) is 0 Å². The van der Waals surface area contributed by atoms with Gasteiger partial charge in [-0.15, -0.1) is 0 Å². The summed E-state index contributed by atoms with van der Waals surface area (Å²) in [5.41, 5.74) is 1.11. The van der Waals surface area contributed by atoms with Crippen molar-refractivity contribution in [2.45, 2.75) is 26.5 Å². The van der Waals surface area contributed by atoms with Gasteiger partial charge in [0.1, 0.15) is 0 Å². The summed E-state index contributed by atoms with van der Waals surface area (Å²) in [5, 5.41) is 11.7. The molecule has 1 atom stereocenters. The van der Waals surface area contributed by atoms with Gasteiger partial charge in [0.25, 0.3) is 0 Å². The molecular weight excluding hydrogens is 284 g/mol. The van der Waals surface area contributed by atoms with Gasteiger partial charge in [0.2, 0.25) is 0 Å². The lowest BCUT2D eigenvalue weighted by atomic mass is 10.1. The number of hydrogen-bond donors (Lipinski definition) is 2. The van der Waals surface area contributed by atoms with Gasteiger partial charge < -0.3 is 20.1 Å². The summed E-state index contributed by atoms with van der Waals surface area (Å²) in [6.45, 7) is 6.28. The van der Waals surface area contributed by atoms with Gasteiger partial charge in [0.05, 0.1) is 18.3 Å². The lowest BCUT2D eigenvalue weighted by Gasteiger charge is -2.34. The molecular formula is C16H22N2O4. The van der Waals surface area contributed by atoms with E-state index in [2.05, 4.69) is 19.2 Å². The Morgan fingerprint density at radius 1 is 1.36 bits per heavy atom. The number of hydrogen-bond acceptors (Lipinski definition) is 3. The summed E-state index contributed by atoms with van der Waals surface area (Å²) in [6.07, 6.45) is 0.0781. The monoisotopic (exact) mass is 306 g/mol. The zero-order chi connectivity index (χ0) is 16.1. The molecule has 6 nitrogen and oxygen atoms in total. The lowest BCUT2D eigenvalue weighted by Crippen LogP contribution is -2.50. The number of ether oxygens (including phenoxy) is 1. The topological polar surface area (TPSA) is 78.9 Å². The smallest absolute Gasteiger partial charge is 0.335 e. The number of aromatic carboxylic acids is 1. The highest BCUT2D eigenvalue weighted by atomic mass is 16.5. The number of carboxylic acid groups (broad SMARTS) is 1. The molecule has 1 aliphatic heterocycles. The Morgan fingerprint density at radius 2 is 2.05 bits per heavy atom. The second kappa shape index (κ2) is 7.26. The minimum atomic E-state index is -0.955. The van der Waals surface area contributed by atoms with Crippen molar-refractivity contribution in [3.05, 3.63) is 35.4 Å². The minimum absolute atomic E-state index is 0.0781. The molecule has 0 spiro atoms. The molecule has 1 fully saturated rings. The van der Waals surface area contributed by atoms with Gasteiger partial charge in [-0.2, -0.15) is 0 Å². The van der Waals surface area contributed by atoms with Crippen molar-refractivity contribution >= 4 is 12.0 Å². The van der Waals surface area contributed by atoms with Crippen molar-refractivity contribution < 1.29 is 19.4 Å². The zero-order valence-electron chi connectivity index (χ0n) is 12.9. The van der Waals surface area contributed by atoms with Crippen LogP contribution in [0.15, 0.2) is 24.3 Å². The molecule has 1 aliphatic rings. The van der Waals surface area contributed by atoms with Crippen LogP contribution in [0.25, 0.3) is 0 Å². The van der Waals surface area contributed by atoms with Crippen LogP contribution in [0.1, 0.15) is 29.8 Å². The Labute approximate surface area is 130 Å². The average molecular weight is 306 g/mol. The SMILES string of the molecule is CC(C)C1CN(C(=O)NCc2ccc(C(=O)O)cc2)CCO1. The predicted octanol–water partition coefficient (Wildman–Crippen LogP) is 1.95. The molecule has 1 heterocycles. The van der Waals surface area contributed by atoms with Gasteiger partial charge in [0.15, 0.2) is 0 Å². The van der Waals surface area contributed by atoms with Crippen molar-refractivity contribution in [3.63, 3.8) is 0 Å². The van der Waals surface area contributed by atoms with Gasteiger partial charge in [-0.3, -0.25) is 0 Å². The number of nitrogens with zero attached hydrogens (tertiary/aromatic N) is 1. The summed E-state index contributed by atoms with van der Waals surface area (Å²) < 4.78 is 5.64. The Morgan fingerprint density at radius 3 is 2.64 bits per heavy atom. The van der Waals surface area contributed by atoms with Crippen LogP contribution in [0, 0.1) is 5.92 Å². The van der Waals surface area contributed by atoms with Crippen LogP contribution in [0.2, 0.25) is 0 Å². The van der Waals surface area contributed by atoms with Crippen molar-refractivity contribution in [1.82, 2.24) is 10.2 Å². The van der Waals surface area contributed by atoms with E-state index in [0.29, 0.717) is 32.2 Å². The molecule has 0 aromatic heterocycles.